The van der Waals surface area contributed by atoms with E-state index in [1.807, 2.05) is 22.8 Å². The Morgan fingerprint density at radius 3 is 2.73 bits per heavy atom. The molecule has 1 amide bonds. The van der Waals surface area contributed by atoms with Crippen molar-refractivity contribution in [3.63, 3.8) is 0 Å². The predicted molar refractivity (Wildman–Crippen MR) is 118 cm³/mol. The van der Waals surface area contributed by atoms with Crippen molar-refractivity contribution in [1.82, 2.24) is 9.55 Å². The number of hydrogen-bond acceptors (Lipinski definition) is 4. The van der Waals surface area contributed by atoms with Crippen molar-refractivity contribution >= 4 is 38.6 Å². The normalized spacial score (nSPS) is 18.7. The number of ether oxygens (including phenoxy) is 1. The number of imidazole rings is 1. The summed E-state index contributed by atoms with van der Waals surface area (Å²) in [6, 6.07) is 12.9. The maximum atomic E-state index is 12.7. The van der Waals surface area contributed by atoms with Crippen LogP contribution in [0.25, 0.3) is 11.0 Å². The first kappa shape index (κ1) is 20.2. The van der Waals surface area contributed by atoms with Crippen molar-refractivity contribution < 1.29 is 9.53 Å². The van der Waals surface area contributed by atoms with E-state index in [2.05, 4.69) is 32.3 Å². The number of H-pyrrole nitrogens is 1. The van der Waals surface area contributed by atoms with Crippen LogP contribution in [0.5, 0.6) is 5.75 Å². The maximum absolute atomic E-state index is 12.7. The number of carbonyl (C=O) groups excluding carboxylic acids is 1. The molecule has 0 aliphatic heterocycles. The Balaban J connectivity index is 1.45. The summed E-state index contributed by atoms with van der Waals surface area (Å²) >= 11 is 3.48. The fraction of sp³-hybridized carbons (Fsp3) is 0.318. The molecule has 1 fully saturated rings. The number of aromatic nitrogens is 2. The number of amides is 1. The highest BCUT2D eigenvalue weighted by molar-refractivity contribution is 9.10. The molecule has 154 valence electrons. The Kier molecular flexibility index (Phi) is 5.64. The summed E-state index contributed by atoms with van der Waals surface area (Å²) in [5.74, 6) is 0.296. The van der Waals surface area contributed by atoms with E-state index in [0.29, 0.717) is 29.8 Å². The number of fused-ring (bicyclic) bond motifs is 1. The molecule has 2 N–H and O–H groups in total. The van der Waals surface area contributed by atoms with E-state index < -0.39 is 0 Å². The van der Waals surface area contributed by atoms with Crippen molar-refractivity contribution in [3.05, 3.63) is 56.9 Å². The second-order valence-corrected chi connectivity index (χ2v) is 8.31. The molecule has 1 saturated carbocycles. The minimum absolute atomic E-state index is 0.0588. The van der Waals surface area contributed by atoms with E-state index in [4.69, 9.17) is 4.74 Å². The lowest BCUT2D eigenvalue weighted by Crippen LogP contribution is -2.31. The second-order valence-electron chi connectivity index (χ2n) is 7.46. The first-order valence-electron chi connectivity index (χ1n) is 9.79. The van der Waals surface area contributed by atoms with Crippen molar-refractivity contribution in [2.24, 2.45) is 5.92 Å². The molecule has 0 atom stereocenters. The summed E-state index contributed by atoms with van der Waals surface area (Å²) in [5, 5.41) is 12.1. The number of carbonyl (C=O) groups is 1. The zero-order valence-electron chi connectivity index (χ0n) is 16.4. The van der Waals surface area contributed by atoms with E-state index in [-0.39, 0.29) is 23.6 Å². The lowest BCUT2D eigenvalue weighted by Gasteiger charge is -2.28. The highest BCUT2D eigenvalue weighted by Crippen LogP contribution is 2.34. The van der Waals surface area contributed by atoms with Gasteiger partial charge in [-0.25, -0.2) is 4.79 Å². The number of benzene rings is 2. The highest BCUT2D eigenvalue weighted by atomic mass is 79.9. The van der Waals surface area contributed by atoms with E-state index in [1.165, 1.54) is 7.11 Å². The smallest absolute Gasteiger partial charge is 0.326 e. The Morgan fingerprint density at radius 2 is 2.03 bits per heavy atom. The Labute approximate surface area is 181 Å². The summed E-state index contributed by atoms with van der Waals surface area (Å²) < 4.78 is 7.82. The van der Waals surface area contributed by atoms with Crippen LogP contribution < -0.4 is 15.7 Å². The minimum atomic E-state index is -0.124. The van der Waals surface area contributed by atoms with Gasteiger partial charge in [0, 0.05) is 22.1 Å². The third-order valence-electron chi connectivity index (χ3n) is 5.72. The molecule has 1 aromatic heterocycles. The van der Waals surface area contributed by atoms with Gasteiger partial charge in [-0.05, 0) is 71.9 Å². The summed E-state index contributed by atoms with van der Waals surface area (Å²) in [4.78, 5) is 28.2. The molecule has 7 nitrogen and oxygen atoms in total. The van der Waals surface area contributed by atoms with Gasteiger partial charge in [0.1, 0.15) is 11.8 Å². The molecule has 2 aromatic carbocycles. The zero-order valence-corrected chi connectivity index (χ0v) is 18.0. The van der Waals surface area contributed by atoms with Crippen molar-refractivity contribution in [2.45, 2.75) is 31.7 Å². The molecule has 4 rings (SSSR count). The Hall–Kier alpha value is -3.05. The number of halogens is 1. The lowest BCUT2D eigenvalue weighted by molar-refractivity contribution is -0.121. The van der Waals surface area contributed by atoms with Gasteiger partial charge in [0.2, 0.25) is 5.91 Å². The average Bonchev–Trinajstić information content (AvgIpc) is 3.11. The summed E-state index contributed by atoms with van der Waals surface area (Å²) in [6.07, 6.45) is 2.91. The Bertz CT molecular complexity index is 1200. The molecule has 0 unspecified atom stereocenters. The monoisotopic (exact) mass is 468 g/mol. The van der Waals surface area contributed by atoms with Crippen molar-refractivity contribution in [1.29, 1.82) is 5.26 Å². The number of nitrogens with zero attached hydrogens (tertiary/aromatic N) is 2. The van der Waals surface area contributed by atoms with Gasteiger partial charge in [-0.15, -0.1) is 0 Å². The molecule has 0 spiro atoms. The van der Waals surface area contributed by atoms with Gasteiger partial charge in [0.25, 0.3) is 0 Å². The van der Waals surface area contributed by atoms with Crippen LogP contribution in [-0.4, -0.2) is 22.6 Å². The summed E-state index contributed by atoms with van der Waals surface area (Å²) in [6.45, 7) is 0. The number of anilines is 1. The SMILES string of the molecule is COc1ccc(NC(=O)[C@H]2CC[C@@H](n3c(=O)[nH]c4c(Br)cccc43)CC2)cc1C#N. The summed E-state index contributed by atoms with van der Waals surface area (Å²) in [5.41, 5.74) is 2.52. The second kappa shape index (κ2) is 8.36. The largest absolute Gasteiger partial charge is 0.495 e. The van der Waals surface area contributed by atoms with Gasteiger partial charge in [-0.1, -0.05) is 6.07 Å². The van der Waals surface area contributed by atoms with E-state index in [1.54, 1.807) is 18.2 Å². The van der Waals surface area contributed by atoms with E-state index >= 15 is 0 Å². The average molecular weight is 469 g/mol. The molecule has 0 radical (unpaired) electrons. The number of para-hydroxylation sites is 1. The standard InChI is InChI=1S/C22H21BrN4O3/c1-30-19-10-7-15(11-14(19)12-24)25-21(28)13-5-8-16(9-6-13)27-18-4-2-3-17(23)20(18)26-22(27)29/h2-4,7,10-11,13,16H,5-6,8-9H2,1H3,(H,25,28)(H,26,29)/t13-,16+. The van der Waals surface area contributed by atoms with Crippen LogP contribution in [0.1, 0.15) is 37.3 Å². The van der Waals surface area contributed by atoms with E-state index in [9.17, 15) is 14.9 Å². The summed E-state index contributed by atoms with van der Waals surface area (Å²) in [7, 11) is 1.50. The maximum Gasteiger partial charge on any atom is 0.326 e. The molecule has 8 heteroatoms. The fourth-order valence-electron chi connectivity index (χ4n) is 4.19. The minimum Gasteiger partial charge on any atom is -0.495 e. The molecule has 30 heavy (non-hydrogen) atoms. The third kappa shape index (κ3) is 3.73. The van der Waals surface area contributed by atoms with Gasteiger partial charge in [0.15, 0.2) is 0 Å². The van der Waals surface area contributed by atoms with Crippen LogP contribution in [0, 0.1) is 17.2 Å². The topological polar surface area (TPSA) is 99.9 Å². The number of rotatable bonds is 4. The van der Waals surface area contributed by atoms with Crippen LogP contribution in [0.2, 0.25) is 0 Å². The quantitative estimate of drug-likeness (QED) is 0.594. The van der Waals surface area contributed by atoms with Gasteiger partial charge in [-0.2, -0.15) is 5.26 Å². The number of nitriles is 1. The van der Waals surface area contributed by atoms with Crippen LogP contribution in [-0.2, 0) is 4.79 Å². The Morgan fingerprint density at radius 1 is 1.27 bits per heavy atom. The number of hydrogen-bond donors (Lipinski definition) is 2. The molecule has 1 heterocycles. The molecular formula is C22H21BrN4O3. The van der Waals surface area contributed by atoms with Crippen molar-refractivity contribution in [2.75, 3.05) is 12.4 Å². The van der Waals surface area contributed by atoms with E-state index in [0.717, 1.165) is 28.3 Å². The molecule has 0 bridgehead atoms. The predicted octanol–water partition coefficient (Wildman–Crippen LogP) is 4.34. The van der Waals surface area contributed by atoms with Gasteiger partial charge >= 0.3 is 5.69 Å². The van der Waals surface area contributed by atoms with Crippen LogP contribution in [0.15, 0.2) is 45.7 Å². The highest BCUT2D eigenvalue weighted by Gasteiger charge is 2.29. The van der Waals surface area contributed by atoms with Gasteiger partial charge < -0.3 is 15.0 Å². The van der Waals surface area contributed by atoms with Crippen LogP contribution >= 0.6 is 15.9 Å². The van der Waals surface area contributed by atoms with Gasteiger partial charge in [0.05, 0.1) is 23.7 Å². The first-order chi connectivity index (χ1) is 14.5. The lowest BCUT2D eigenvalue weighted by atomic mass is 9.85. The van der Waals surface area contributed by atoms with Crippen LogP contribution in [0.3, 0.4) is 0 Å². The third-order valence-corrected chi connectivity index (χ3v) is 6.38. The molecular weight excluding hydrogens is 448 g/mol. The number of methoxy groups -OCH3 is 1. The first-order valence-corrected chi connectivity index (χ1v) is 10.6. The molecule has 3 aromatic rings. The van der Waals surface area contributed by atoms with Crippen LogP contribution in [0.4, 0.5) is 5.69 Å². The fourth-order valence-corrected chi connectivity index (χ4v) is 4.64. The molecule has 0 saturated heterocycles. The van der Waals surface area contributed by atoms with Crippen molar-refractivity contribution in [3.8, 4) is 11.8 Å². The molecule has 1 aliphatic carbocycles. The number of nitrogens with one attached hydrogen (secondary N) is 2. The van der Waals surface area contributed by atoms with Gasteiger partial charge in [-0.3, -0.25) is 9.36 Å². The number of aromatic amines is 1. The zero-order chi connectivity index (χ0) is 21.3. The molecule has 1 aliphatic rings.